The van der Waals surface area contributed by atoms with Gasteiger partial charge in [0.25, 0.3) is 5.91 Å². The van der Waals surface area contributed by atoms with E-state index in [9.17, 15) is 4.79 Å². The number of benzene rings is 3. The van der Waals surface area contributed by atoms with Gasteiger partial charge in [-0.25, -0.2) is 5.43 Å². The molecule has 0 unspecified atom stereocenters. The van der Waals surface area contributed by atoms with E-state index in [1.165, 1.54) is 6.21 Å². The summed E-state index contributed by atoms with van der Waals surface area (Å²) in [5, 5.41) is 4.69. The Hall–Kier alpha value is -3.27. The summed E-state index contributed by atoms with van der Waals surface area (Å²) in [6.45, 7) is 0.547. The molecular formula is C24H18BrClN2O3. The number of nitrogens with zero attached hydrogens (tertiary/aromatic N) is 1. The quantitative estimate of drug-likeness (QED) is 0.255. The molecule has 0 heterocycles. The van der Waals surface area contributed by atoms with E-state index in [1.807, 2.05) is 36.4 Å². The van der Waals surface area contributed by atoms with Crippen LogP contribution in [0.3, 0.4) is 0 Å². The molecule has 0 aromatic heterocycles. The second kappa shape index (κ2) is 11.2. The lowest BCUT2D eigenvalue weighted by Crippen LogP contribution is -2.17. The lowest BCUT2D eigenvalue weighted by Gasteiger charge is -2.08. The van der Waals surface area contributed by atoms with E-state index in [-0.39, 0.29) is 12.5 Å². The third-order valence-electron chi connectivity index (χ3n) is 4.09. The van der Waals surface area contributed by atoms with E-state index in [2.05, 4.69) is 32.4 Å². The van der Waals surface area contributed by atoms with Crippen molar-refractivity contribution in [2.45, 2.75) is 6.61 Å². The summed E-state index contributed by atoms with van der Waals surface area (Å²) in [6, 6.07) is 19.6. The Kier molecular flexibility index (Phi) is 8.11. The molecule has 3 aromatic carbocycles. The lowest BCUT2D eigenvalue weighted by molar-refractivity contribution is 0.0955. The normalized spacial score (nSPS) is 10.5. The molecule has 3 aromatic rings. The summed E-state index contributed by atoms with van der Waals surface area (Å²) in [4.78, 5) is 12.3. The molecule has 31 heavy (non-hydrogen) atoms. The van der Waals surface area contributed by atoms with Gasteiger partial charge in [0.05, 0.1) is 6.21 Å². The number of hydrogen-bond acceptors (Lipinski definition) is 4. The molecule has 7 heteroatoms. The second-order valence-electron chi connectivity index (χ2n) is 6.31. The van der Waals surface area contributed by atoms with Gasteiger partial charge in [0, 0.05) is 20.6 Å². The third kappa shape index (κ3) is 6.88. The Morgan fingerprint density at radius 3 is 2.55 bits per heavy atom. The standard InChI is InChI=1S/C24H18BrClN2O3/c1-2-13-30-23-12-7-20(25)14-19(23)15-27-28-24(29)18-5-10-22(11-6-18)31-16-17-3-8-21(26)9-4-17/h1,3-12,14-15H,13,16H2,(H,28,29)/b27-15-. The average Bonchev–Trinajstić information content (AvgIpc) is 2.78. The van der Waals surface area contributed by atoms with Gasteiger partial charge >= 0.3 is 0 Å². The van der Waals surface area contributed by atoms with Crippen molar-refractivity contribution in [3.05, 3.63) is 92.9 Å². The Morgan fingerprint density at radius 1 is 1.10 bits per heavy atom. The SMILES string of the molecule is C#CCOc1ccc(Br)cc1/C=N\NC(=O)c1ccc(OCc2ccc(Cl)cc2)cc1. The summed E-state index contributed by atoms with van der Waals surface area (Å²) in [5.74, 6) is 3.29. The fourth-order valence-electron chi connectivity index (χ4n) is 2.55. The smallest absolute Gasteiger partial charge is 0.271 e. The topological polar surface area (TPSA) is 59.9 Å². The maximum atomic E-state index is 12.3. The molecule has 0 aliphatic carbocycles. The van der Waals surface area contributed by atoms with E-state index >= 15 is 0 Å². The molecule has 0 spiro atoms. The maximum absolute atomic E-state index is 12.3. The molecule has 0 saturated carbocycles. The maximum Gasteiger partial charge on any atom is 0.271 e. The number of carbonyl (C=O) groups excluding carboxylic acids is 1. The van der Waals surface area contributed by atoms with Crippen molar-refractivity contribution >= 4 is 39.7 Å². The Labute approximate surface area is 194 Å². The first-order valence-corrected chi connectivity index (χ1v) is 10.4. The molecular weight excluding hydrogens is 480 g/mol. The van der Waals surface area contributed by atoms with E-state index in [0.29, 0.717) is 34.3 Å². The Bertz CT molecular complexity index is 1110. The molecule has 0 aliphatic heterocycles. The minimum absolute atomic E-state index is 0.140. The van der Waals surface area contributed by atoms with Crippen LogP contribution in [0, 0.1) is 12.3 Å². The van der Waals surface area contributed by atoms with Crippen molar-refractivity contribution in [1.29, 1.82) is 0 Å². The van der Waals surface area contributed by atoms with Gasteiger partial charge in [-0.15, -0.1) is 6.42 Å². The molecule has 0 aliphatic rings. The number of carbonyl (C=O) groups is 1. The second-order valence-corrected chi connectivity index (χ2v) is 7.67. The van der Waals surface area contributed by atoms with Gasteiger partial charge in [0.1, 0.15) is 24.7 Å². The zero-order valence-corrected chi connectivity index (χ0v) is 18.7. The fourth-order valence-corrected chi connectivity index (χ4v) is 3.05. The van der Waals surface area contributed by atoms with Crippen molar-refractivity contribution in [3.8, 4) is 23.8 Å². The van der Waals surface area contributed by atoms with Gasteiger partial charge < -0.3 is 9.47 Å². The highest BCUT2D eigenvalue weighted by molar-refractivity contribution is 9.10. The van der Waals surface area contributed by atoms with Gasteiger partial charge in [-0.05, 0) is 60.2 Å². The summed E-state index contributed by atoms with van der Waals surface area (Å²) >= 11 is 9.27. The molecule has 0 bridgehead atoms. The highest BCUT2D eigenvalue weighted by Crippen LogP contribution is 2.22. The van der Waals surface area contributed by atoms with E-state index in [0.717, 1.165) is 10.0 Å². The minimum atomic E-state index is -0.346. The summed E-state index contributed by atoms with van der Waals surface area (Å²) in [7, 11) is 0. The first-order valence-electron chi connectivity index (χ1n) is 9.21. The molecule has 156 valence electrons. The minimum Gasteiger partial charge on any atom is -0.489 e. The van der Waals surface area contributed by atoms with Gasteiger partial charge in [0.2, 0.25) is 0 Å². The zero-order chi connectivity index (χ0) is 22.1. The van der Waals surface area contributed by atoms with Gasteiger partial charge in [-0.1, -0.05) is 45.6 Å². The average molecular weight is 498 g/mol. The van der Waals surface area contributed by atoms with Gasteiger partial charge in [0.15, 0.2) is 0 Å². The summed E-state index contributed by atoms with van der Waals surface area (Å²) in [5.41, 5.74) is 4.63. The van der Waals surface area contributed by atoms with Crippen LogP contribution in [0.1, 0.15) is 21.5 Å². The number of rotatable bonds is 8. The third-order valence-corrected chi connectivity index (χ3v) is 4.83. The van der Waals surface area contributed by atoms with Crippen molar-refractivity contribution in [2.75, 3.05) is 6.61 Å². The summed E-state index contributed by atoms with van der Waals surface area (Å²) in [6.07, 6.45) is 6.73. The number of ether oxygens (including phenoxy) is 2. The largest absolute Gasteiger partial charge is 0.489 e. The first-order chi connectivity index (χ1) is 15.0. The van der Waals surface area contributed by atoms with Crippen LogP contribution < -0.4 is 14.9 Å². The van der Waals surface area contributed by atoms with Crippen LogP contribution in [-0.4, -0.2) is 18.7 Å². The predicted molar refractivity (Wildman–Crippen MR) is 126 cm³/mol. The number of amides is 1. The van der Waals surface area contributed by atoms with Crippen LogP contribution in [0.25, 0.3) is 0 Å². The summed E-state index contributed by atoms with van der Waals surface area (Å²) < 4.78 is 12.1. The molecule has 1 N–H and O–H groups in total. The van der Waals surface area contributed by atoms with Gasteiger partial charge in [-0.3, -0.25) is 4.79 Å². The van der Waals surface area contributed by atoms with E-state index in [1.54, 1.807) is 30.3 Å². The van der Waals surface area contributed by atoms with Crippen LogP contribution in [0.5, 0.6) is 11.5 Å². The highest BCUT2D eigenvalue weighted by atomic mass is 79.9. The number of nitrogens with one attached hydrogen (secondary N) is 1. The van der Waals surface area contributed by atoms with Gasteiger partial charge in [-0.2, -0.15) is 5.10 Å². The molecule has 3 rings (SSSR count). The van der Waals surface area contributed by atoms with Crippen molar-refractivity contribution in [2.24, 2.45) is 5.10 Å². The van der Waals surface area contributed by atoms with Crippen molar-refractivity contribution < 1.29 is 14.3 Å². The monoisotopic (exact) mass is 496 g/mol. The number of hydrazone groups is 1. The molecule has 0 fully saturated rings. The number of hydrogen-bond donors (Lipinski definition) is 1. The lowest BCUT2D eigenvalue weighted by atomic mass is 10.2. The van der Waals surface area contributed by atoms with Crippen LogP contribution >= 0.6 is 27.5 Å². The number of halogens is 2. The van der Waals surface area contributed by atoms with Crippen molar-refractivity contribution in [1.82, 2.24) is 5.43 Å². The Morgan fingerprint density at radius 2 is 1.84 bits per heavy atom. The van der Waals surface area contributed by atoms with Crippen molar-refractivity contribution in [3.63, 3.8) is 0 Å². The highest BCUT2D eigenvalue weighted by Gasteiger charge is 2.06. The van der Waals surface area contributed by atoms with E-state index in [4.69, 9.17) is 27.5 Å². The Balaban J connectivity index is 1.56. The number of terminal acetylenes is 1. The van der Waals surface area contributed by atoms with Crippen LogP contribution in [0.15, 0.2) is 76.3 Å². The van der Waals surface area contributed by atoms with E-state index < -0.39 is 0 Å². The first kappa shape index (κ1) is 22.4. The van der Waals surface area contributed by atoms with Crippen LogP contribution in [-0.2, 0) is 6.61 Å². The van der Waals surface area contributed by atoms with Crippen LogP contribution in [0.2, 0.25) is 5.02 Å². The molecule has 0 saturated heterocycles. The fraction of sp³-hybridized carbons (Fsp3) is 0.0833. The van der Waals surface area contributed by atoms with Crippen LogP contribution in [0.4, 0.5) is 0 Å². The predicted octanol–water partition coefficient (Wildman–Crippen LogP) is 5.46. The molecule has 1 amide bonds. The molecule has 0 atom stereocenters. The molecule has 5 nitrogen and oxygen atoms in total. The zero-order valence-electron chi connectivity index (χ0n) is 16.3. The molecule has 0 radical (unpaired) electrons.